The molecule has 1 heterocycles. The van der Waals surface area contributed by atoms with Crippen molar-refractivity contribution >= 4 is 17.3 Å². The molecule has 2 atom stereocenters. The molecule has 4 heteroatoms. The van der Waals surface area contributed by atoms with E-state index in [1.165, 1.54) is 0 Å². The molecule has 3 nitrogen and oxygen atoms in total. The zero-order chi connectivity index (χ0) is 9.97. The van der Waals surface area contributed by atoms with Crippen LogP contribution >= 0.6 is 11.6 Å². The first-order valence-corrected chi connectivity index (χ1v) is 4.92. The summed E-state index contributed by atoms with van der Waals surface area (Å²) >= 11 is 5.97. The maximum absolute atomic E-state index is 9.51. The van der Waals surface area contributed by atoms with Gasteiger partial charge in [0, 0.05) is 0 Å². The van der Waals surface area contributed by atoms with Crippen LogP contribution < -0.4 is 5.32 Å². The summed E-state index contributed by atoms with van der Waals surface area (Å²) in [5.74, 6) is 0. The smallest absolute Gasteiger partial charge is 0.0996 e. The van der Waals surface area contributed by atoms with Crippen molar-refractivity contribution in [1.29, 1.82) is 0 Å². The highest BCUT2D eigenvalue weighted by atomic mass is 35.5. The molecule has 0 aromatic heterocycles. The van der Waals surface area contributed by atoms with Gasteiger partial charge in [-0.05, 0) is 12.1 Å². The van der Waals surface area contributed by atoms with Gasteiger partial charge in [0.15, 0.2) is 0 Å². The zero-order valence-corrected chi connectivity index (χ0v) is 8.37. The second kappa shape index (κ2) is 4.17. The van der Waals surface area contributed by atoms with E-state index in [4.69, 9.17) is 16.3 Å². The number of aliphatic hydroxyl groups excluding tert-OH is 1. The minimum atomic E-state index is -0.453. The fraction of sp³-hybridized carbons (Fsp3) is 0.400. The molecule has 0 aliphatic carbocycles. The summed E-state index contributed by atoms with van der Waals surface area (Å²) in [4.78, 5) is 0. The number of halogens is 1. The van der Waals surface area contributed by atoms with Crippen LogP contribution in [0.2, 0.25) is 5.02 Å². The molecule has 1 aromatic rings. The van der Waals surface area contributed by atoms with Gasteiger partial charge in [0.2, 0.25) is 0 Å². The minimum absolute atomic E-state index is 0.0603. The molecule has 2 rings (SSSR count). The predicted molar refractivity (Wildman–Crippen MR) is 55.7 cm³/mol. The Kier molecular flexibility index (Phi) is 2.91. The minimum Gasteiger partial charge on any atom is -0.388 e. The van der Waals surface area contributed by atoms with Gasteiger partial charge in [0.25, 0.3) is 0 Å². The highest BCUT2D eigenvalue weighted by molar-refractivity contribution is 6.33. The molecule has 0 saturated carbocycles. The molecule has 1 aliphatic heterocycles. The van der Waals surface area contributed by atoms with Crippen LogP contribution in [0, 0.1) is 0 Å². The van der Waals surface area contributed by atoms with Crippen LogP contribution in [-0.4, -0.2) is 30.5 Å². The largest absolute Gasteiger partial charge is 0.388 e. The summed E-state index contributed by atoms with van der Waals surface area (Å²) < 4.78 is 5.13. The third-order valence-electron chi connectivity index (χ3n) is 2.27. The van der Waals surface area contributed by atoms with Gasteiger partial charge in [-0.2, -0.15) is 0 Å². The maximum Gasteiger partial charge on any atom is 0.0996 e. The lowest BCUT2D eigenvalue weighted by molar-refractivity contribution is 0.125. The van der Waals surface area contributed by atoms with Crippen molar-refractivity contribution in [2.24, 2.45) is 0 Å². The van der Waals surface area contributed by atoms with E-state index in [2.05, 4.69) is 5.32 Å². The van der Waals surface area contributed by atoms with E-state index in [-0.39, 0.29) is 6.04 Å². The summed E-state index contributed by atoms with van der Waals surface area (Å²) in [5.41, 5.74) is 0.837. The molecule has 0 spiro atoms. The SMILES string of the molecule is OC1COCC1Nc1ccccc1Cl. The van der Waals surface area contributed by atoms with Gasteiger partial charge < -0.3 is 15.2 Å². The molecule has 0 bridgehead atoms. The fourth-order valence-corrected chi connectivity index (χ4v) is 1.65. The number of hydrogen-bond acceptors (Lipinski definition) is 3. The second-order valence-electron chi connectivity index (χ2n) is 3.34. The van der Waals surface area contributed by atoms with Crippen molar-refractivity contribution in [3.63, 3.8) is 0 Å². The normalized spacial score (nSPS) is 26.4. The van der Waals surface area contributed by atoms with Crippen molar-refractivity contribution in [3.05, 3.63) is 29.3 Å². The van der Waals surface area contributed by atoms with E-state index in [1.807, 2.05) is 24.3 Å². The molecule has 76 valence electrons. The van der Waals surface area contributed by atoms with Crippen molar-refractivity contribution < 1.29 is 9.84 Å². The summed E-state index contributed by atoms with van der Waals surface area (Å²) in [6.07, 6.45) is -0.453. The molecule has 1 aromatic carbocycles. The Labute approximate surface area is 87.6 Å². The van der Waals surface area contributed by atoms with Gasteiger partial charge in [-0.25, -0.2) is 0 Å². The molecule has 1 saturated heterocycles. The van der Waals surface area contributed by atoms with Crippen LogP contribution in [0.25, 0.3) is 0 Å². The Hall–Kier alpha value is -0.770. The highest BCUT2D eigenvalue weighted by Crippen LogP contribution is 2.23. The van der Waals surface area contributed by atoms with Crippen LogP contribution in [-0.2, 0) is 4.74 Å². The van der Waals surface area contributed by atoms with E-state index in [0.29, 0.717) is 18.2 Å². The van der Waals surface area contributed by atoms with Crippen molar-refractivity contribution in [2.75, 3.05) is 18.5 Å². The Morgan fingerprint density at radius 2 is 2.14 bits per heavy atom. The summed E-state index contributed by atoms with van der Waals surface area (Å²) in [6, 6.07) is 7.40. The lowest BCUT2D eigenvalue weighted by atomic mass is 10.2. The summed E-state index contributed by atoms with van der Waals surface area (Å²) in [7, 11) is 0. The molecular formula is C10H12ClNO2. The monoisotopic (exact) mass is 213 g/mol. The van der Waals surface area contributed by atoms with Crippen molar-refractivity contribution in [3.8, 4) is 0 Å². The number of nitrogens with one attached hydrogen (secondary N) is 1. The quantitative estimate of drug-likeness (QED) is 0.783. The fourth-order valence-electron chi connectivity index (χ4n) is 1.46. The maximum atomic E-state index is 9.51. The Bertz CT molecular complexity index is 319. The van der Waals surface area contributed by atoms with Gasteiger partial charge >= 0.3 is 0 Å². The van der Waals surface area contributed by atoms with Crippen molar-refractivity contribution in [2.45, 2.75) is 12.1 Å². The van der Waals surface area contributed by atoms with E-state index >= 15 is 0 Å². The lowest BCUT2D eigenvalue weighted by Gasteiger charge is -2.16. The van der Waals surface area contributed by atoms with E-state index in [1.54, 1.807) is 0 Å². The van der Waals surface area contributed by atoms with Gasteiger partial charge in [0.1, 0.15) is 0 Å². The lowest BCUT2D eigenvalue weighted by Crippen LogP contribution is -2.31. The molecule has 1 fully saturated rings. The highest BCUT2D eigenvalue weighted by Gasteiger charge is 2.26. The third-order valence-corrected chi connectivity index (χ3v) is 2.59. The molecule has 2 unspecified atom stereocenters. The topological polar surface area (TPSA) is 41.5 Å². The molecule has 14 heavy (non-hydrogen) atoms. The van der Waals surface area contributed by atoms with Gasteiger partial charge in [-0.1, -0.05) is 23.7 Å². The molecular weight excluding hydrogens is 202 g/mol. The Morgan fingerprint density at radius 3 is 2.79 bits per heavy atom. The van der Waals surface area contributed by atoms with Crippen molar-refractivity contribution in [1.82, 2.24) is 0 Å². The summed E-state index contributed by atoms with van der Waals surface area (Å²) in [6.45, 7) is 0.911. The zero-order valence-electron chi connectivity index (χ0n) is 7.61. The number of ether oxygens (including phenoxy) is 1. The molecule has 0 radical (unpaired) electrons. The average molecular weight is 214 g/mol. The number of benzene rings is 1. The first kappa shape index (κ1) is 9.77. The summed E-state index contributed by atoms with van der Waals surface area (Å²) in [5, 5.41) is 13.3. The average Bonchev–Trinajstić information content (AvgIpc) is 2.56. The predicted octanol–water partition coefficient (Wildman–Crippen LogP) is 1.51. The first-order valence-electron chi connectivity index (χ1n) is 4.54. The molecule has 1 aliphatic rings. The van der Waals surface area contributed by atoms with Crippen LogP contribution in [0.4, 0.5) is 5.69 Å². The van der Waals surface area contributed by atoms with E-state index in [9.17, 15) is 5.11 Å². The van der Waals surface area contributed by atoms with Crippen LogP contribution in [0.5, 0.6) is 0 Å². The van der Waals surface area contributed by atoms with E-state index in [0.717, 1.165) is 5.69 Å². The number of aliphatic hydroxyl groups is 1. The van der Waals surface area contributed by atoms with Crippen LogP contribution in [0.15, 0.2) is 24.3 Å². The molecule has 2 N–H and O–H groups in total. The van der Waals surface area contributed by atoms with Gasteiger partial charge in [-0.3, -0.25) is 0 Å². The standard InChI is InChI=1S/C10H12ClNO2/c11-7-3-1-2-4-8(7)12-9-5-14-6-10(9)13/h1-4,9-10,12-13H,5-6H2. The first-order chi connectivity index (χ1) is 6.77. The number of hydrogen-bond donors (Lipinski definition) is 2. The van der Waals surface area contributed by atoms with Gasteiger partial charge in [0.05, 0.1) is 36.1 Å². The Morgan fingerprint density at radius 1 is 1.36 bits per heavy atom. The van der Waals surface area contributed by atoms with Crippen LogP contribution in [0.1, 0.15) is 0 Å². The third kappa shape index (κ3) is 2.00. The number of para-hydroxylation sites is 1. The Balaban J connectivity index is 2.07. The second-order valence-corrected chi connectivity index (χ2v) is 3.74. The number of anilines is 1. The van der Waals surface area contributed by atoms with Crippen LogP contribution in [0.3, 0.4) is 0 Å². The molecule has 0 amide bonds. The van der Waals surface area contributed by atoms with E-state index < -0.39 is 6.10 Å². The van der Waals surface area contributed by atoms with Gasteiger partial charge in [-0.15, -0.1) is 0 Å². The number of rotatable bonds is 2.